The molecule has 0 aliphatic carbocycles. The van der Waals surface area contributed by atoms with Crippen LogP contribution in [0.3, 0.4) is 0 Å². The van der Waals surface area contributed by atoms with Gasteiger partial charge in [0, 0.05) is 13.1 Å². The standard InChI is InChI=1S/C16H22N2O6S/c1-11-4-3-7-18(9-11)15(19)10-24-16(20)13-8-12(25(17,21)22)5-6-14(13)23-2/h5-6,8,11H,3-4,7,9-10H2,1-2H3,(H2,17,21,22)/t11-/m1/s1. The number of carbonyl (C=O) groups is 2. The van der Waals surface area contributed by atoms with E-state index in [2.05, 4.69) is 6.92 Å². The van der Waals surface area contributed by atoms with Gasteiger partial charge in [0.25, 0.3) is 5.91 Å². The molecule has 9 heteroatoms. The van der Waals surface area contributed by atoms with Crippen LogP contribution >= 0.6 is 0 Å². The molecule has 1 saturated heterocycles. The number of nitrogens with two attached hydrogens (primary N) is 1. The SMILES string of the molecule is COc1ccc(S(N)(=O)=O)cc1C(=O)OCC(=O)N1CCC[C@@H](C)C1. The van der Waals surface area contributed by atoms with Gasteiger partial charge in [0.05, 0.1) is 12.0 Å². The lowest BCUT2D eigenvalue weighted by atomic mass is 10.0. The third kappa shape index (κ3) is 4.93. The molecule has 0 saturated carbocycles. The summed E-state index contributed by atoms with van der Waals surface area (Å²) >= 11 is 0. The van der Waals surface area contributed by atoms with E-state index in [1.165, 1.54) is 19.2 Å². The van der Waals surface area contributed by atoms with Crippen molar-refractivity contribution in [1.82, 2.24) is 4.90 Å². The molecular weight excluding hydrogens is 348 g/mol. The topological polar surface area (TPSA) is 116 Å². The lowest BCUT2D eigenvalue weighted by Gasteiger charge is -2.30. The monoisotopic (exact) mass is 370 g/mol. The number of piperidine rings is 1. The summed E-state index contributed by atoms with van der Waals surface area (Å²) in [7, 11) is -2.64. The fraction of sp³-hybridized carbons (Fsp3) is 0.500. The molecule has 1 amide bonds. The number of amides is 1. The van der Waals surface area contributed by atoms with Gasteiger partial charge in [0.1, 0.15) is 11.3 Å². The first-order chi connectivity index (χ1) is 11.7. The van der Waals surface area contributed by atoms with Crippen molar-refractivity contribution in [2.75, 3.05) is 26.8 Å². The number of methoxy groups -OCH3 is 1. The highest BCUT2D eigenvalue weighted by atomic mass is 32.2. The third-order valence-electron chi connectivity index (χ3n) is 4.06. The Labute approximate surface area is 146 Å². The normalized spacial score (nSPS) is 17.9. The molecule has 0 bridgehead atoms. The maximum Gasteiger partial charge on any atom is 0.342 e. The number of ether oxygens (including phenoxy) is 2. The second kappa shape index (κ2) is 7.83. The van der Waals surface area contributed by atoms with E-state index in [-0.39, 0.29) is 22.1 Å². The lowest BCUT2D eigenvalue weighted by Crippen LogP contribution is -2.41. The van der Waals surface area contributed by atoms with Crippen LogP contribution < -0.4 is 9.88 Å². The van der Waals surface area contributed by atoms with Crippen molar-refractivity contribution in [3.8, 4) is 5.75 Å². The Hall–Kier alpha value is -2.13. The van der Waals surface area contributed by atoms with Gasteiger partial charge in [-0.25, -0.2) is 18.4 Å². The number of esters is 1. The van der Waals surface area contributed by atoms with Crippen LogP contribution in [0.15, 0.2) is 23.1 Å². The predicted molar refractivity (Wildman–Crippen MR) is 89.6 cm³/mol. The third-order valence-corrected chi connectivity index (χ3v) is 4.97. The summed E-state index contributed by atoms with van der Waals surface area (Å²) in [6.45, 7) is 2.94. The van der Waals surface area contributed by atoms with Gasteiger partial charge in [-0.05, 0) is 37.0 Å². The van der Waals surface area contributed by atoms with Crippen molar-refractivity contribution in [3.63, 3.8) is 0 Å². The molecule has 1 aliphatic rings. The molecule has 2 N–H and O–H groups in total. The molecule has 138 valence electrons. The Morgan fingerprint density at radius 3 is 2.68 bits per heavy atom. The van der Waals surface area contributed by atoms with Crippen molar-refractivity contribution < 1.29 is 27.5 Å². The Kier molecular flexibility index (Phi) is 6.02. The van der Waals surface area contributed by atoms with Gasteiger partial charge in [-0.1, -0.05) is 6.92 Å². The molecule has 0 aromatic heterocycles. The number of carbonyl (C=O) groups excluding carboxylic acids is 2. The van der Waals surface area contributed by atoms with Crippen LogP contribution in [-0.2, 0) is 19.6 Å². The van der Waals surface area contributed by atoms with Gasteiger partial charge >= 0.3 is 5.97 Å². The highest BCUT2D eigenvalue weighted by Crippen LogP contribution is 2.23. The van der Waals surface area contributed by atoms with Crippen LogP contribution in [0.1, 0.15) is 30.1 Å². The molecule has 1 fully saturated rings. The Morgan fingerprint density at radius 2 is 2.08 bits per heavy atom. The number of hydrogen-bond donors (Lipinski definition) is 1. The van der Waals surface area contributed by atoms with Crippen LogP contribution in [-0.4, -0.2) is 52.0 Å². The second-order valence-electron chi connectivity index (χ2n) is 6.07. The van der Waals surface area contributed by atoms with E-state index in [1.54, 1.807) is 4.90 Å². The Bertz CT molecular complexity index is 762. The number of rotatable bonds is 5. The molecule has 1 aromatic carbocycles. The molecule has 0 radical (unpaired) electrons. The summed E-state index contributed by atoms with van der Waals surface area (Å²) in [5, 5.41) is 5.07. The van der Waals surface area contributed by atoms with Gasteiger partial charge in [-0.2, -0.15) is 0 Å². The number of primary sulfonamides is 1. The number of likely N-dealkylation sites (tertiary alicyclic amines) is 1. The molecule has 0 spiro atoms. The second-order valence-corrected chi connectivity index (χ2v) is 7.63. The molecular formula is C16H22N2O6S. The minimum atomic E-state index is -3.98. The Morgan fingerprint density at radius 1 is 1.36 bits per heavy atom. The maximum atomic E-state index is 12.2. The van der Waals surface area contributed by atoms with E-state index in [0.717, 1.165) is 18.9 Å². The number of hydrogen-bond acceptors (Lipinski definition) is 6. The van der Waals surface area contributed by atoms with Crippen LogP contribution in [0.4, 0.5) is 0 Å². The molecule has 1 aromatic rings. The summed E-state index contributed by atoms with van der Waals surface area (Å²) in [5.74, 6) is -0.571. The van der Waals surface area contributed by atoms with E-state index < -0.39 is 22.6 Å². The van der Waals surface area contributed by atoms with Gasteiger partial charge in [0.2, 0.25) is 10.0 Å². The predicted octanol–water partition coefficient (Wildman–Crippen LogP) is 0.758. The molecule has 25 heavy (non-hydrogen) atoms. The number of sulfonamides is 1. The number of nitrogens with zero attached hydrogens (tertiary/aromatic N) is 1. The molecule has 8 nitrogen and oxygen atoms in total. The first kappa shape index (κ1) is 19.2. The first-order valence-corrected chi connectivity index (χ1v) is 9.42. The minimum Gasteiger partial charge on any atom is -0.496 e. The highest BCUT2D eigenvalue weighted by Gasteiger charge is 2.23. The van der Waals surface area contributed by atoms with Crippen LogP contribution in [0.2, 0.25) is 0 Å². The summed E-state index contributed by atoms with van der Waals surface area (Å²) in [6.07, 6.45) is 1.99. The fourth-order valence-electron chi connectivity index (χ4n) is 2.74. The van der Waals surface area contributed by atoms with E-state index in [1.807, 2.05) is 0 Å². The van der Waals surface area contributed by atoms with Crippen molar-refractivity contribution in [2.24, 2.45) is 11.1 Å². The van der Waals surface area contributed by atoms with Crippen molar-refractivity contribution >= 4 is 21.9 Å². The average Bonchev–Trinajstić information content (AvgIpc) is 2.57. The molecule has 0 unspecified atom stereocenters. The largest absolute Gasteiger partial charge is 0.496 e. The van der Waals surface area contributed by atoms with Crippen LogP contribution in [0.25, 0.3) is 0 Å². The van der Waals surface area contributed by atoms with Crippen molar-refractivity contribution in [1.29, 1.82) is 0 Å². The van der Waals surface area contributed by atoms with E-state index in [4.69, 9.17) is 14.6 Å². The summed E-state index contributed by atoms with van der Waals surface area (Å²) in [5.41, 5.74) is -0.103. The molecule has 1 heterocycles. The zero-order valence-corrected chi connectivity index (χ0v) is 15.0. The van der Waals surface area contributed by atoms with Gasteiger partial charge in [-0.15, -0.1) is 0 Å². The van der Waals surface area contributed by atoms with Crippen LogP contribution in [0, 0.1) is 5.92 Å². The zero-order chi connectivity index (χ0) is 18.6. The summed E-state index contributed by atoms with van der Waals surface area (Å²) in [4.78, 5) is 25.8. The van der Waals surface area contributed by atoms with Crippen LogP contribution in [0.5, 0.6) is 5.75 Å². The smallest absolute Gasteiger partial charge is 0.342 e. The average molecular weight is 370 g/mol. The molecule has 1 atom stereocenters. The Balaban J connectivity index is 2.08. The fourth-order valence-corrected chi connectivity index (χ4v) is 3.28. The molecule has 1 aliphatic heterocycles. The molecule has 2 rings (SSSR count). The van der Waals surface area contributed by atoms with Gasteiger partial charge in [-0.3, -0.25) is 4.79 Å². The summed E-state index contributed by atoms with van der Waals surface area (Å²) in [6, 6.07) is 3.61. The summed E-state index contributed by atoms with van der Waals surface area (Å²) < 4.78 is 33.0. The highest BCUT2D eigenvalue weighted by molar-refractivity contribution is 7.89. The maximum absolute atomic E-state index is 12.2. The first-order valence-electron chi connectivity index (χ1n) is 7.88. The number of benzene rings is 1. The van der Waals surface area contributed by atoms with Crippen molar-refractivity contribution in [2.45, 2.75) is 24.7 Å². The quantitative estimate of drug-likeness (QED) is 0.765. The van der Waals surface area contributed by atoms with E-state index in [9.17, 15) is 18.0 Å². The van der Waals surface area contributed by atoms with E-state index >= 15 is 0 Å². The van der Waals surface area contributed by atoms with E-state index in [0.29, 0.717) is 19.0 Å². The lowest BCUT2D eigenvalue weighted by molar-refractivity contribution is -0.136. The van der Waals surface area contributed by atoms with Gasteiger partial charge < -0.3 is 14.4 Å². The minimum absolute atomic E-state index is 0.103. The van der Waals surface area contributed by atoms with Crippen molar-refractivity contribution in [3.05, 3.63) is 23.8 Å². The zero-order valence-electron chi connectivity index (χ0n) is 14.2. The van der Waals surface area contributed by atoms with Gasteiger partial charge in [0.15, 0.2) is 6.61 Å².